The second-order valence-corrected chi connectivity index (χ2v) is 6.76. The highest BCUT2D eigenvalue weighted by Crippen LogP contribution is 2.22. The van der Waals surface area contributed by atoms with Crippen LogP contribution in [0.2, 0.25) is 0 Å². The predicted molar refractivity (Wildman–Crippen MR) is 77.5 cm³/mol. The second kappa shape index (κ2) is 5.94. The van der Waals surface area contributed by atoms with Gasteiger partial charge in [0.05, 0.1) is 9.46 Å². The molecule has 0 heterocycles. The van der Waals surface area contributed by atoms with Gasteiger partial charge in [-0.3, -0.25) is 4.72 Å². The molecule has 0 aliphatic heterocycles. The van der Waals surface area contributed by atoms with Crippen LogP contribution in [0.3, 0.4) is 0 Å². The van der Waals surface area contributed by atoms with E-state index in [0.717, 1.165) is 6.07 Å². The van der Waals surface area contributed by atoms with Crippen molar-refractivity contribution in [2.75, 3.05) is 4.72 Å². The molecule has 0 fully saturated rings. The predicted octanol–water partition coefficient (Wildman–Crippen LogP) is 2.39. The van der Waals surface area contributed by atoms with Crippen molar-refractivity contribution in [2.24, 2.45) is 5.73 Å². The highest BCUT2D eigenvalue weighted by atomic mass is 79.9. The van der Waals surface area contributed by atoms with E-state index < -0.39 is 21.1 Å². The normalized spacial score (nSPS) is 13.1. The monoisotopic (exact) mass is 354 g/mol. The Kier molecular flexibility index (Phi) is 5.06. The molecule has 0 radical (unpaired) electrons. The molecule has 1 rings (SSSR count). The minimum Gasteiger partial charge on any atom is -0.392 e. The molecule has 100 valence electrons. The van der Waals surface area contributed by atoms with Gasteiger partial charge in [-0.05, 0) is 40.5 Å². The van der Waals surface area contributed by atoms with Gasteiger partial charge in [-0.1, -0.05) is 19.1 Å². The van der Waals surface area contributed by atoms with Crippen LogP contribution in [-0.2, 0) is 10.0 Å². The number of rotatable bonds is 5. The zero-order chi connectivity index (χ0) is 13.9. The summed E-state index contributed by atoms with van der Waals surface area (Å²) in [5.41, 5.74) is 5.63. The molecule has 0 spiro atoms. The Hall–Kier alpha value is -0.730. The van der Waals surface area contributed by atoms with Crippen molar-refractivity contribution in [1.82, 2.24) is 0 Å². The van der Waals surface area contributed by atoms with Crippen LogP contribution in [0.25, 0.3) is 0 Å². The van der Waals surface area contributed by atoms with Crippen molar-refractivity contribution in [2.45, 2.75) is 18.6 Å². The van der Waals surface area contributed by atoms with Gasteiger partial charge in [0, 0.05) is 5.69 Å². The van der Waals surface area contributed by atoms with Gasteiger partial charge < -0.3 is 5.73 Å². The lowest BCUT2D eigenvalue weighted by Gasteiger charge is -2.16. The molecule has 4 nitrogen and oxygen atoms in total. The third kappa shape index (κ3) is 3.63. The molecule has 3 N–H and O–H groups in total. The maximum Gasteiger partial charge on any atom is 0.242 e. The molecule has 0 saturated heterocycles. The number of nitrogens with one attached hydrogen (secondary N) is 1. The topological polar surface area (TPSA) is 72.2 Å². The fourth-order valence-corrected chi connectivity index (χ4v) is 3.64. The lowest BCUT2D eigenvalue weighted by atomic mass is 10.3. The number of hydrogen-bond acceptors (Lipinski definition) is 3. The molecule has 0 aromatic heterocycles. The van der Waals surface area contributed by atoms with Crippen molar-refractivity contribution >= 4 is 48.8 Å². The van der Waals surface area contributed by atoms with Gasteiger partial charge in [0.2, 0.25) is 10.0 Å². The fraction of sp³-hybridized carbons (Fsp3) is 0.300. The zero-order valence-electron chi connectivity index (χ0n) is 9.48. The molecular formula is C10H12BrFN2O2S2. The summed E-state index contributed by atoms with van der Waals surface area (Å²) in [6.45, 7) is 1.67. The Labute approximate surface area is 119 Å². The summed E-state index contributed by atoms with van der Waals surface area (Å²) in [5.74, 6) is -0.473. The van der Waals surface area contributed by atoms with Crippen LogP contribution < -0.4 is 10.5 Å². The third-order valence-corrected chi connectivity index (χ3v) is 5.14. The number of hydrogen-bond donors (Lipinski definition) is 2. The summed E-state index contributed by atoms with van der Waals surface area (Å²) in [6, 6.07) is 3.81. The van der Waals surface area contributed by atoms with Crippen molar-refractivity contribution < 1.29 is 12.8 Å². The van der Waals surface area contributed by atoms with Crippen molar-refractivity contribution in [1.29, 1.82) is 0 Å². The molecule has 0 bridgehead atoms. The van der Waals surface area contributed by atoms with Crippen LogP contribution in [0, 0.1) is 5.82 Å². The smallest absolute Gasteiger partial charge is 0.242 e. The van der Waals surface area contributed by atoms with Gasteiger partial charge in [-0.2, -0.15) is 0 Å². The molecule has 18 heavy (non-hydrogen) atoms. The Balaban J connectivity index is 3.01. The molecule has 0 aliphatic carbocycles. The molecule has 0 saturated carbocycles. The van der Waals surface area contributed by atoms with Crippen LogP contribution in [0.15, 0.2) is 22.7 Å². The van der Waals surface area contributed by atoms with E-state index in [-0.39, 0.29) is 21.6 Å². The number of thiocarbonyl (C=S) groups is 1. The highest BCUT2D eigenvalue weighted by Gasteiger charge is 2.26. The minimum atomic E-state index is -3.71. The first-order valence-electron chi connectivity index (χ1n) is 5.04. The van der Waals surface area contributed by atoms with E-state index in [4.69, 9.17) is 18.0 Å². The number of nitrogens with two attached hydrogens (primary N) is 1. The Morgan fingerprint density at radius 1 is 1.61 bits per heavy atom. The van der Waals surface area contributed by atoms with Gasteiger partial charge in [-0.25, -0.2) is 12.8 Å². The molecular weight excluding hydrogens is 343 g/mol. The third-order valence-electron chi connectivity index (χ3n) is 2.24. The van der Waals surface area contributed by atoms with E-state index in [1.807, 2.05) is 0 Å². The van der Waals surface area contributed by atoms with Crippen LogP contribution in [-0.4, -0.2) is 18.7 Å². The van der Waals surface area contributed by atoms with Crippen LogP contribution in [0.5, 0.6) is 0 Å². The van der Waals surface area contributed by atoms with Crippen molar-refractivity contribution in [3.8, 4) is 0 Å². The van der Waals surface area contributed by atoms with E-state index in [1.54, 1.807) is 6.92 Å². The first-order chi connectivity index (χ1) is 8.27. The first kappa shape index (κ1) is 15.3. The van der Waals surface area contributed by atoms with E-state index >= 15 is 0 Å². The summed E-state index contributed by atoms with van der Waals surface area (Å²) in [6.07, 6.45) is 0.271. The summed E-state index contributed by atoms with van der Waals surface area (Å²) in [4.78, 5) is -0.0915. The zero-order valence-corrected chi connectivity index (χ0v) is 12.7. The number of benzene rings is 1. The summed E-state index contributed by atoms with van der Waals surface area (Å²) in [7, 11) is -3.71. The molecule has 8 heteroatoms. The minimum absolute atomic E-state index is 0.0915. The van der Waals surface area contributed by atoms with E-state index in [0.29, 0.717) is 0 Å². The summed E-state index contributed by atoms with van der Waals surface area (Å²) >= 11 is 7.69. The lowest BCUT2D eigenvalue weighted by Crippen LogP contribution is -2.37. The quantitative estimate of drug-likeness (QED) is 0.796. The van der Waals surface area contributed by atoms with Crippen molar-refractivity contribution in [3.63, 3.8) is 0 Å². The van der Waals surface area contributed by atoms with E-state index in [1.165, 1.54) is 12.1 Å². The van der Waals surface area contributed by atoms with Gasteiger partial charge >= 0.3 is 0 Å². The maximum absolute atomic E-state index is 13.0. The largest absolute Gasteiger partial charge is 0.392 e. The number of anilines is 1. The Morgan fingerprint density at radius 3 is 2.67 bits per heavy atom. The maximum atomic E-state index is 13.0. The van der Waals surface area contributed by atoms with Crippen LogP contribution in [0.1, 0.15) is 13.3 Å². The number of halogens is 2. The standard InChI is InChI=1S/C10H12BrFN2O2S2/c1-2-9(10(13)17)18(15,16)14-6-3-4-8(12)7(11)5-6/h3-5,9,14H,2H2,1H3,(H2,13,17). The fourth-order valence-electron chi connectivity index (χ4n) is 1.37. The lowest BCUT2D eigenvalue weighted by molar-refractivity contribution is 0.594. The van der Waals surface area contributed by atoms with Gasteiger partial charge in [0.15, 0.2) is 0 Å². The van der Waals surface area contributed by atoms with Crippen LogP contribution >= 0.6 is 28.1 Å². The van der Waals surface area contributed by atoms with Gasteiger partial charge in [-0.15, -0.1) is 0 Å². The first-order valence-corrected chi connectivity index (χ1v) is 7.78. The Bertz CT molecular complexity index is 563. The Morgan fingerprint density at radius 2 is 2.22 bits per heavy atom. The molecule has 0 aliphatic rings. The van der Waals surface area contributed by atoms with E-state index in [2.05, 4.69) is 20.7 Å². The molecule has 1 aromatic rings. The van der Waals surface area contributed by atoms with E-state index in [9.17, 15) is 12.8 Å². The molecule has 1 aromatic carbocycles. The highest BCUT2D eigenvalue weighted by molar-refractivity contribution is 9.10. The van der Waals surface area contributed by atoms with Gasteiger partial charge in [0.25, 0.3) is 0 Å². The van der Waals surface area contributed by atoms with Crippen LogP contribution in [0.4, 0.5) is 10.1 Å². The number of sulfonamides is 1. The second-order valence-electron chi connectivity index (χ2n) is 3.58. The average molecular weight is 355 g/mol. The summed E-state index contributed by atoms with van der Waals surface area (Å²) in [5, 5.41) is -0.948. The molecule has 0 amide bonds. The molecule has 1 unspecified atom stereocenters. The van der Waals surface area contributed by atoms with Gasteiger partial charge in [0.1, 0.15) is 11.1 Å². The SMILES string of the molecule is CCC(C(N)=S)S(=O)(=O)Nc1ccc(F)c(Br)c1. The summed E-state index contributed by atoms with van der Waals surface area (Å²) < 4.78 is 39.5. The average Bonchev–Trinajstić information content (AvgIpc) is 2.22. The van der Waals surface area contributed by atoms with Crippen molar-refractivity contribution in [3.05, 3.63) is 28.5 Å². The molecule has 1 atom stereocenters.